The summed E-state index contributed by atoms with van der Waals surface area (Å²) in [4.78, 5) is 0. The Kier molecular flexibility index (Phi) is 11.7. The van der Waals surface area contributed by atoms with E-state index in [4.69, 9.17) is 13.6 Å². The van der Waals surface area contributed by atoms with Gasteiger partial charge in [-0.3, -0.25) is 0 Å². The highest BCUT2D eigenvalue weighted by Gasteiger charge is 2.40. The van der Waals surface area contributed by atoms with Crippen molar-refractivity contribution >= 4 is 7.82 Å². The highest BCUT2D eigenvalue weighted by Crippen LogP contribution is 2.60. The van der Waals surface area contributed by atoms with Gasteiger partial charge in [0.2, 0.25) is 0 Å². The number of rotatable bonds is 12. The number of phosphoric ester groups is 1. The van der Waals surface area contributed by atoms with Crippen molar-refractivity contribution in [3.63, 3.8) is 0 Å². The van der Waals surface area contributed by atoms with Crippen molar-refractivity contribution in [1.29, 1.82) is 0 Å². The lowest BCUT2D eigenvalue weighted by molar-refractivity contribution is 0.296. The SMILES string of the molecule is Cc1c(O)cc(-c2ccccc2)c(-c2ccccc2)c1OP(=O)(Oc1c(C)c(O)cc(-c2ccccc2)c1-c1ccccc1)Oc1c(C)c(O)cc(-c2ccccc2)c1-c1ccccc1. The topological polar surface area (TPSA) is 105 Å². The summed E-state index contributed by atoms with van der Waals surface area (Å²) in [5.74, 6) is -0.200. The van der Waals surface area contributed by atoms with Crippen LogP contribution in [0.5, 0.6) is 34.5 Å². The molecule has 0 saturated heterocycles. The fraction of sp³-hybridized carbons (Fsp3) is 0.0526. The molecule has 0 aliphatic rings. The molecule has 3 N–H and O–H groups in total. The van der Waals surface area contributed by atoms with E-state index in [0.29, 0.717) is 50.1 Å². The molecule has 9 aromatic carbocycles. The molecule has 0 fully saturated rings. The number of hydrogen-bond acceptors (Lipinski definition) is 7. The maximum Gasteiger partial charge on any atom is 0.647 e. The second-order valence-corrected chi connectivity index (χ2v) is 17.2. The van der Waals surface area contributed by atoms with Gasteiger partial charge in [-0.25, -0.2) is 0 Å². The minimum absolute atomic E-state index is 0.0445. The van der Waals surface area contributed by atoms with Crippen LogP contribution >= 0.6 is 7.82 Å². The molecule has 9 aromatic rings. The Bertz CT molecular complexity index is 2840. The summed E-state index contributed by atoms with van der Waals surface area (Å²) in [6.07, 6.45) is 0. The first kappa shape index (κ1) is 42.3. The summed E-state index contributed by atoms with van der Waals surface area (Å²) in [6.45, 7) is 5.05. The van der Waals surface area contributed by atoms with Gasteiger partial charge in [-0.1, -0.05) is 182 Å². The lowest BCUT2D eigenvalue weighted by atomic mass is 9.91. The van der Waals surface area contributed by atoms with E-state index in [9.17, 15) is 15.3 Å². The van der Waals surface area contributed by atoms with Gasteiger partial charge in [0.05, 0.1) is 0 Å². The third-order valence-electron chi connectivity index (χ3n) is 11.6. The van der Waals surface area contributed by atoms with Gasteiger partial charge in [-0.05, 0) is 89.0 Å². The number of hydrogen-bond donors (Lipinski definition) is 3. The van der Waals surface area contributed by atoms with Crippen molar-refractivity contribution in [2.45, 2.75) is 20.8 Å². The molecule has 0 saturated carbocycles. The number of phosphoric acid groups is 1. The lowest BCUT2D eigenvalue weighted by Gasteiger charge is -2.28. The van der Waals surface area contributed by atoms with Crippen LogP contribution in [0.15, 0.2) is 200 Å². The average molecular weight is 873 g/mol. The Morgan fingerprint density at radius 1 is 0.323 bits per heavy atom. The van der Waals surface area contributed by atoms with Crippen LogP contribution in [0.2, 0.25) is 0 Å². The first-order chi connectivity index (χ1) is 31.6. The van der Waals surface area contributed by atoms with Gasteiger partial charge >= 0.3 is 7.82 Å². The van der Waals surface area contributed by atoms with Crippen LogP contribution in [0, 0.1) is 20.8 Å². The zero-order chi connectivity index (χ0) is 45.1. The summed E-state index contributed by atoms with van der Waals surface area (Å²) in [5, 5.41) is 35.2. The third-order valence-corrected chi connectivity index (χ3v) is 12.8. The van der Waals surface area contributed by atoms with Crippen molar-refractivity contribution in [2.75, 3.05) is 0 Å². The van der Waals surface area contributed by atoms with Crippen LogP contribution in [0.4, 0.5) is 0 Å². The van der Waals surface area contributed by atoms with E-state index >= 15 is 4.57 Å². The van der Waals surface area contributed by atoms with Crippen molar-refractivity contribution in [3.8, 4) is 101 Å². The van der Waals surface area contributed by atoms with Gasteiger partial charge in [-0.15, -0.1) is 0 Å². The number of benzene rings is 9. The molecule has 320 valence electrons. The second kappa shape index (κ2) is 18.0. The highest BCUT2D eigenvalue weighted by atomic mass is 31.2. The Balaban J connectivity index is 1.36. The van der Waals surface area contributed by atoms with E-state index in [1.165, 1.54) is 0 Å². The highest BCUT2D eigenvalue weighted by molar-refractivity contribution is 7.49. The fourth-order valence-electron chi connectivity index (χ4n) is 8.17. The van der Waals surface area contributed by atoms with Gasteiger partial charge in [0.15, 0.2) is 0 Å². The molecule has 0 spiro atoms. The molecule has 0 aromatic heterocycles. The fourth-order valence-corrected chi connectivity index (χ4v) is 9.64. The van der Waals surface area contributed by atoms with Crippen molar-refractivity contribution in [3.05, 3.63) is 217 Å². The van der Waals surface area contributed by atoms with E-state index in [1.807, 2.05) is 182 Å². The standard InChI is InChI=1S/C57H45O7P/c1-37-49(58)34-46(40-22-10-4-11-23-40)52(43-28-16-7-17-29-43)55(37)62-65(61,63-56-38(2)50(59)35-47(41-24-12-5-13-25-41)53(56)44-30-18-8-19-31-44)64-57-39(3)51(60)36-48(42-26-14-6-15-27-42)54(57)45-32-20-9-21-33-45/h4-36,58-60H,1-3H3. The van der Waals surface area contributed by atoms with Crippen LogP contribution in [0.3, 0.4) is 0 Å². The first-order valence-electron chi connectivity index (χ1n) is 21.2. The van der Waals surface area contributed by atoms with Crippen LogP contribution in [-0.2, 0) is 4.57 Å². The molecule has 7 nitrogen and oxygen atoms in total. The average Bonchev–Trinajstić information content (AvgIpc) is 3.35. The molecule has 0 aliphatic carbocycles. The Labute approximate surface area is 378 Å². The molecular weight excluding hydrogens is 828 g/mol. The first-order valence-corrected chi connectivity index (χ1v) is 22.7. The van der Waals surface area contributed by atoms with E-state index in [0.717, 1.165) is 16.7 Å². The number of phenolic OH excluding ortho intramolecular Hbond substituents is 3. The Morgan fingerprint density at radius 3 is 0.738 bits per heavy atom. The molecule has 0 aliphatic heterocycles. The minimum atomic E-state index is -5.14. The zero-order valence-electron chi connectivity index (χ0n) is 36.0. The van der Waals surface area contributed by atoms with Gasteiger partial charge < -0.3 is 28.9 Å². The predicted octanol–water partition coefficient (Wildman–Crippen LogP) is 15.4. The second-order valence-electron chi connectivity index (χ2n) is 15.7. The maximum absolute atomic E-state index is 16.7. The number of phenols is 3. The largest absolute Gasteiger partial charge is 0.647 e. The monoisotopic (exact) mass is 872 g/mol. The number of aromatic hydroxyl groups is 3. The van der Waals surface area contributed by atoms with E-state index in [2.05, 4.69) is 0 Å². The lowest BCUT2D eigenvalue weighted by Crippen LogP contribution is -2.12. The van der Waals surface area contributed by atoms with Gasteiger partial charge in [0, 0.05) is 33.4 Å². The van der Waals surface area contributed by atoms with E-state index in [-0.39, 0.29) is 51.2 Å². The molecular formula is C57H45O7P. The van der Waals surface area contributed by atoms with Crippen molar-refractivity contribution < 1.29 is 33.5 Å². The smallest absolute Gasteiger partial charge is 0.508 e. The molecule has 0 atom stereocenters. The summed E-state index contributed by atoms with van der Waals surface area (Å²) in [5.41, 5.74) is 8.69. The molecule has 9 rings (SSSR count). The Hall–Kier alpha value is -7.99. The van der Waals surface area contributed by atoms with Gasteiger partial charge in [0.25, 0.3) is 0 Å². The molecule has 0 unspecified atom stereocenters. The van der Waals surface area contributed by atoms with Crippen molar-refractivity contribution in [1.82, 2.24) is 0 Å². The molecule has 0 heterocycles. The zero-order valence-corrected chi connectivity index (χ0v) is 36.9. The van der Waals surface area contributed by atoms with E-state index in [1.54, 1.807) is 39.0 Å². The van der Waals surface area contributed by atoms with Crippen molar-refractivity contribution in [2.24, 2.45) is 0 Å². The van der Waals surface area contributed by atoms with Crippen LogP contribution < -0.4 is 13.6 Å². The quantitative estimate of drug-likeness (QED) is 0.105. The van der Waals surface area contributed by atoms with E-state index < -0.39 is 7.82 Å². The van der Waals surface area contributed by atoms with Crippen LogP contribution in [0.1, 0.15) is 16.7 Å². The predicted molar refractivity (Wildman–Crippen MR) is 261 cm³/mol. The Morgan fingerprint density at radius 2 is 0.523 bits per heavy atom. The summed E-state index contributed by atoms with van der Waals surface area (Å²) < 4.78 is 37.5. The molecule has 65 heavy (non-hydrogen) atoms. The summed E-state index contributed by atoms with van der Waals surface area (Å²) in [7, 11) is -5.14. The van der Waals surface area contributed by atoms with Crippen LogP contribution in [-0.4, -0.2) is 15.3 Å². The van der Waals surface area contributed by atoms with Gasteiger partial charge in [-0.2, -0.15) is 4.57 Å². The normalized spacial score (nSPS) is 11.2. The summed E-state index contributed by atoms with van der Waals surface area (Å²) >= 11 is 0. The summed E-state index contributed by atoms with van der Waals surface area (Å²) in [6, 6.07) is 62.2. The van der Waals surface area contributed by atoms with Gasteiger partial charge in [0.1, 0.15) is 34.5 Å². The molecule has 0 radical (unpaired) electrons. The van der Waals surface area contributed by atoms with Crippen LogP contribution in [0.25, 0.3) is 66.8 Å². The third kappa shape index (κ3) is 8.46. The minimum Gasteiger partial charge on any atom is -0.508 e. The molecule has 0 bridgehead atoms. The maximum atomic E-state index is 16.7. The molecule has 8 heteroatoms. The molecule has 0 amide bonds.